The first kappa shape index (κ1) is 11.4. The van der Waals surface area contributed by atoms with Gasteiger partial charge in [-0.2, -0.15) is 0 Å². The summed E-state index contributed by atoms with van der Waals surface area (Å²) in [6.45, 7) is 7.78. The Bertz CT molecular complexity index is 331. The highest BCUT2D eigenvalue weighted by Crippen LogP contribution is 2.14. The number of rotatable bonds is 4. The Hall–Kier alpha value is -1.07. The number of ether oxygens (including phenoxy) is 1. The second kappa shape index (κ2) is 5.32. The van der Waals surface area contributed by atoms with E-state index in [4.69, 9.17) is 4.74 Å². The van der Waals surface area contributed by atoms with E-state index in [1.54, 1.807) is 7.11 Å². The van der Waals surface area contributed by atoms with Crippen LogP contribution in [0.2, 0.25) is 0 Å². The van der Waals surface area contributed by atoms with E-state index in [0.29, 0.717) is 0 Å². The molecule has 1 N–H and O–H groups in total. The first-order chi connectivity index (χ1) is 7.81. The molecule has 1 aliphatic rings. The summed E-state index contributed by atoms with van der Waals surface area (Å²) in [5.74, 6) is 1.08. The molecule has 2 rings (SSSR count). The average molecular weight is 224 g/mol. The minimum atomic E-state index is 0.731. The first-order valence-corrected chi connectivity index (χ1v) is 5.79. The van der Waals surface area contributed by atoms with Crippen molar-refractivity contribution in [2.24, 2.45) is 0 Å². The molecule has 0 radical (unpaired) electrons. The van der Waals surface area contributed by atoms with Crippen molar-refractivity contribution < 1.29 is 4.74 Å². The van der Waals surface area contributed by atoms with Gasteiger partial charge < -0.3 is 19.5 Å². The summed E-state index contributed by atoms with van der Waals surface area (Å²) in [5.41, 5.74) is 1.07. The lowest BCUT2D eigenvalue weighted by molar-refractivity contribution is 0.187. The molecule has 0 atom stereocenters. The molecule has 5 nitrogen and oxygen atoms in total. The fourth-order valence-electron chi connectivity index (χ4n) is 2.01. The molecule has 0 saturated carbocycles. The lowest BCUT2D eigenvalue weighted by atomic mass is 10.4. The molecule has 0 aliphatic carbocycles. The fourth-order valence-corrected chi connectivity index (χ4v) is 2.01. The zero-order valence-corrected chi connectivity index (χ0v) is 10.1. The summed E-state index contributed by atoms with van der Waals surface area (Å²) in [7, 11) is 1.73. The number of hydrogen-bond donors (Lipinski definition) is 1. The van der Waals surface area contributed by atoms with Gasteiger partial charge in [-0.3, -0.25) is 0 Å². The quantitative estimate of drug-likeness (QED) is 0.796. The molecule has 2 heterocycles. The molecule has 5 heteroatoms. The van der Waals surface area contributed by atoms with E-state index in [-0.39, 0.29) is 0 Å². The van der Waals surface area contributed by atoms with Crippen LogP contribution >= 0.6 is 0 Å². The normalized spacial score (nSPS) is 16.8. The maximum absolute atomic E-state index is 5.12. The van der Waals surface area contributed by atoms with Crippen LogP contribution < -0.4 is 10.2 Å². The average Bonchev–Trinajstić information content (AvgIpc) is 2.69. The van der Waals surface area contributed by atoms with Crippen LogP contribution in [0.3, 0.4) is 0 Å². The maximum atomic E-state index is 5.12. The molecular formula is C11H20N4O. The second-order valence-electron chi connectivity index (χ2n) is 4.11. The van der Waals surface area contributed by atoms with Gasteiger partial charge in [0.05, 0.1) is 12.3 Å². The van der Waals surface area contributed by atoms with Gasteiger partial charge in [0.15, 0.2) is 0 Å². The van der Waals surface area contributed by atoms with Gasteiger partial charge in [-0.25, -0.2) is 4.98 Å². The summed E-state index contributed by atoms with van der Waals surface area (Å²) < 4.78 is 7.30. The van der Waals surface area contributed by atoms with E-state index < -0.39 is 0 Å². The first-order valence-electron chi connectivity index (χ1n) is 5.79. The van der Waals surface area contributed by atoms with Crippen LogP contribution in [-0.2, 0) is 11.3 Å². The van der Waals surface area contributed by atoms with Crippen molar-refractivity contribution in [1.29, 1.82) is 0 Å². The highest BCUT2D eigenvalue weighted by atomic mass is 16.5. The summed E-state index contributed by atoms with van der Waals surface area (Å²) in [6, 6.07) is 0. The standard InChI is InChI=1S/C11H20N4O/c1-10-9-15(7-8-16-2)11(13-10)14-5-3-12-4-6-14/h9,12H,3-8H2,1-2H3. The smallest absolute Gasteiger partial charge is 0.205 e. The number of aryl methyl sites for hydroxylation is 1. The summed E-state index contributed by atoms with van der Waals surface area (Å²) >= 11 is 0. The number of anilines is 1. The number of imidazole rings is 1. The predicted molar refractivity (Wildman–Crippen MR) is 63.9 cm³/mol. The van der Waals surface area contributed by atoms with Crippen molar-refractivity contribution in [3.05, 3.63) is 11.9 Å². The molecular weight excluding hydrogens is 204 g/mol. The number of hydrogen-bond acceptors (Lipinski definition) is 4. The number of nitrogens with zero attached hydrogens (tertiary/aromatic N) is 3. The van der Waals surface area contributed by atoms with Gasteiger partial charge in [-0.05, 0) is 6.92 Å². The van der Waals surface area contributed by atoms with Crippen molar-refractivity contribution >= 4 is 5.95 Å². The molecule has 1 aromatic rings. The van der Waals surface area contributed by atoms with Gasteiger partial charge in [0.1, 0.15) is 0 Å². The van der Waals surface area contributed by atoms with Crippen molar-refractivity contribution in [3.63, 3.8) is 0 Å². The van der Waals surface area contributed by atoms with E-state index in [1.807, 2.05) is 6.92 Å². The number of piperazine rings is 1. The van der Waals surface area contributed by atoms with E-state index in [1.165, 1.54) is 0 Å². The Morgan fingerprint density at radius 2 is 2.19 bits per heavy atom. The Morgan fingerprint density at radius 1 is 1.44 bits per heavy atom. The topological polar surface area (TPSA) is 42.3 Å². The monoisotopic (exact) mass is 224 g/mol. The van der Waals surface area contributed by atoms with E-state index >= 15 is 0 Å². The molecule has 0 amide bonds. The number of methoxy groups -OCH3 is 1. The van der Waals surface area contributed by atoms with E-state index in [9.17, 15) is 0 Å². The number of nitrogens with one attached hydrogen (secondary N) is 1. The van der Waals surface area contributed by atoms with Crippen molar-refractivity contribution in [2.75, 3.05) is 44.8 Å². The SMILES string of the molecule is COCCn1cc(C)nc1N1CCNCC1. The lowest BCUT2D eigenvalue weighted by Gasteiger charge is -2.28. The molecule has 16 heavy (non-hydrogen) atoms. The van der Waals surface area contributed by atoms with Crippen LogP contribution in [0.25, 0.3) is 0 Å². The van der Waals surface area contributed by atoms with Crippen molar-refractivity contribution in [3.8, 4) is 0 Å². The molecule has 0 bridgehead atoms. The predicted octanol–water partition coefficient (Wildman–Crippen LogP) is 0.248. The van der Waals surface area contributed by atoms with Gasteiger partial charge in [-0.1, -0.05) is 0 Å². The van der Waals surface area contributed by atoms with Crippen molar-refractivity contribution in [2.45, 2.75) is 13.5 Å². The Morgan fingerprint density at radius 3 is 2.88 bits per heavy atom. The van der Waals surface area contributed by atoms with Crippen LogP contribution in [0.5, 0.6) is 0 Å². The van der Waals surface area contributed by atoms with Crippen molar-refractivity contribution in [1.82, 2.24) is 14.9 Å². The van der Waals surface area contributed by atoms with Crippen LogP contribution in [0.15, 0.2) is 6.20 Å². The minimum absolute atomic E-state index is 0.731. The molecule has 0 unspecified atom stereocenters. The Labute approximate surface area is 96.4 Å². The molecule has 1 aliphatic heterocycles. The molecule has 90 valence electrons. The molecule has 1 fully saturated rings. The number of aromatic nitrogens is 2. The third kappa shape index (κ3) is 2.54. The van der Waals surface area contributed by atoms with Gasteiger partial charge in [0.25, 0.3) is 0 Å². The zero-order valence-electron chi connectivity index (χ0n) is 10.1. The molecule has 1 aromatic heterocycles. The molecule has 1 saturated heterocycles. The van der Waals surface area contributed by atoms with E-state index in [0.717, 1.165) is 51.0 Å². The summed E-state index contributed by atoms with van der Waals surface area (Å²) in [5, 5.41) is 3.35. The fraction of sp³-hybridized carbons (Fsp3) is 0.727. The van der Waals surface area contributed by atoms with Crippen LogP contribution in [0.1, 0.15) is 5.69 Å². The highest BCUT2D eigenvalue weighted by Gasteiger charge is 2.16. The lowest BCUT2D eigenvalue weighted by Crippen LogP contribution is -2.44. The van der Waals surface area contributed by atoms with E-state index in [2.05, 4.69) is 26.0 Å². The Kier molecular flexibility index (Phi) is 3.79. The van der Waals surface area contributed by atoms with Gasteiger partial charge in [0.2, 0.25) is 5.95 Å². The van der Waals surface area contributed by atoms with Gasteiger partial charge in [0, 0.05) is 46.0 Å². The summed E-state index contributed by atoms with van der Waals surface area (Å²) in [4.78, 5) is 6.93. The minimum Gasteiger partial charge on any atom is -0.383 e. The van der Waals surface area contributed by atoms with Crippen LogP contribution in [0.4, 0.5) is 5.95 Å². The Balaban J connectivity index is 2.10. The van der Waals surface area contributed by atoms with Crippen LogP contribution in [-0.4, -0.2) is 49.4 Å². The molecule has 0 aromatic carbocycles. The largest absolute Gasteiger partial charge is 0.383 e. The third-order valence-corrected chi connectivity index (χ3v) is 2.81. The highest BCUT2D eigenvalue weighted by molar-refractivity contribution is 5.34. The maximum Gasteiger partial charge on any atom is 0.205 e. The second-order valence-corrected chi connectivity index (χ2v) is 4.11. The molecule has 0 spiro atoms. The van der Waals surface area contributed by atoms with Gasteiger partial charge >= 0.3 is 0 Å². The zero-order chi connectivity index (χ0) is 11.4. The van der Waals surface area contributed by atoms with Crippen LogP contribution in [0, 0.1) is 6.92 Å². The van der Waals surface area contributed by atoms with Gasteiger partial charge in [-0.15, -0.1) is 0 Å². The summed E-state index contributed by atoms with van der Waals surface area (Å²) in [6.07, 6.45) is 2.09. The third-order valence-electron chi connectivity index (χ3n) is 2.81.